The molecule has 3 saturated heterocycles. The summed E-state index contributed by atoms with van der Waals surface area (Å²) >= 11 is 0. The molecule has 4 heterocycles. The highest BCUT2D eigenvalue weighted by Gasteiger charge is 2.41. The zero-order chi connectivity index (χ0) is 23.7. The minimum Gasteiger partial charge on any atom is -0.496 e. The fraction of sp³-hybridized carbons (Fsp3) is 0.464. The molecule has 3 aliphatic heterocycles. The lowest BCUT2D eigenvalue weighted by Crippen LogP contribution is -2.55. The quantitative estimate of drug-likeness (QED) is 0.549. The van der Waals surface area contributed by atoms with Crippen LogP contribution < -0.4 is 15.0 Å². The third-order valence-electron chi connectivity index (χ3n) is 7.72. The van der Waals surface area contributed by atoms with Gasteiger partial charge in [0, 0.05) is 69.7 Å². The zero-order valence-electron chi connectivity index (χ0n) is 20.9. The topological polar surface area (TPSA) is 45.6 Å². The normalized spacial score (nSPS) is 23.8. The molecule has 2 aromatic carbocycles. The van der Waals surface area contributed by atoms with Crippen LogP contribution in [-0.4, -0.2) is 61.6 Å². The Balaban J connectivity index is 1.22. The Labute approximate surface area is 203 Å². The number of aryl methyl sites for hydroxylation is 1. The van der Waals surface area contributed by atoms with Gasteiger partial charge in [0.25, 0.3) is 0 Å². The molecule has 3 aliphatic rings. The van der Waals surface area contributed by atoms with Crippen LogP contribution in [0.4, 0.5) is 5.69 Å². The minimum absolute atomic E-state index is 0.546. The summed E-state index contributed by atoms with van der Waals surface area (Å²) in [5.41, 5.74) is 6.01. The first-order valence-corrected chi connectivity index (χ1v) is 12.4. The maximum absolute atomic E-state index is 5.58. The van der Waals surface area contributed by atoms with Gasteiger partial charge in [-0.25, -0.2) is 0 Å². The van der Waals surface area contributed by atoms with Crippen molar-refractivity contribution in [3.8, 4) is 17.0 Å². The van der Waals surface area contributed by atoms with Crippen molar-refractivity contribution in [2.24, 2.45) is 13.0 Å². The lowest BCUT2D eigenvalue weighted by molar-refractivity contribution is 0.0282. The third-order valence-corrected chi connectivity index (χ3v) is 7.72. The van der Waals surface area contributed by atoms with Gasteiger partial charge in [-0.2, -0.15) is 5.10 Å². The molecule has 1 N–H and O–H groups in total. The second kappa shape index (κ2) is 9.80. The van der Waals surface area contributed by atoms with Gasteiger partial charge in [-0.1, -0.05) is 24.3 Å². The molecule has 180 valence electrons. The van der Waals surface area contributed by atoms with Gasteiger partial charge in [0.15, 0.2) is 0 Å². The van der Waals surface area contributed by atoms with E-state index in [2.05, 4.69) is 83.4 Å². The average molecular weight is 460 g/mol. The standard InChI is InChI=1S/C28H37N5O/c1-31(2)22-11-9-20(10-12-22)17-29-18-23-15-21-13-14-33(23)19-25(21)27-16-26(30-32(27)3)24-7-5-6-8-28(24)34-4/h5-12,16,21,23,25,29H,13-15,17-19H2,1-4H3/t21-,23+,25-/m0/s1. The molecule has 3 fully saturated rings. The molecule has 0 radical (unpaired) electrons. The van der Waals surface area contributed by atoms with Crippen LogP contribution in [0.3, 0.4) is 0 Å². The van der Waals surface area contributed by atoms with E-state index in [9.17, 15) is 0 Å². The number of nitrogens with zero attached hydrogens (tertiary/aromatic N) is 4. The van der Waals surface area contributed by atoms with Crippen LogP contribution in [0, 0.1) is 5.92 Å². The Bertz CT molecular complexity index is 1110. The van der Waals surface area contributed by atoms with Gasteiger partial charge in [-0.15, -0.1) is 0 Å². The van der Waals surface area contributed by atoms with Crippen LogP contribution >= 0.6 is 0 Å². The predicted molar refractivity (Wildman–Crippen MR) is 138 cm³/mol. The highest BCUT2D eigenvalue weighted by Crippen LogP contribution is 2.42. The van der Waals surface area contributed by atoms with Crippen LogP contribution in [0.2, 0.25) is 0 Å². The molecule has 0 amide bonds. The summed E-state index contributed by atoms with van der Waals surface area (Å²) in [6, 6.07) is 19.9. The van der Waals surface area contributed by atoms with E-state index in [1.807, 2.05) is 12.1 Å². The van der Waals surface area contributed by atoms with Crippen LogP contribution in [0.25, 0.3) is 11.3 Å². The van der Waals surface area contributed by atoms with E-state index in [0.29, 0.717) is 12.0 Å². The van der Waals surface area contributed by atoms with Crippen LogP contribution in [0.15, 0.2) is 54.6 Å². The molecule has 0 aliphatic carbocycles. The average Bonchev–Trinajstić information content (AvgIpc) is 3.26. The maximum atomic E-state index is 5.58. The molecular formula is C28H37N5O. The van der Waals surface area contributed by atoms with E-state index in [-0.39, 0.29) is 0 Å². The number of anilines is 1. The lowest BCUT2D eigenvalue weighted by atomic mass is 9.74. The Hall–Kier alpha value is -2.83. The Morgan fingerprint density at radius 2 is 1.91 bits per heavy atom. The Morgan fingerprint density at radius 3 is 2.62 bits per heavy atom. The number of fused-ring (bicyclic) bond motifs is 3. The first kappa shape index (κ1) is 22.9. The zero-order valence-corrected chi connectivity index (χ0v) is 20.9. The highest BCUT2D eigenvalue weighted by atomic mass is 16.5. The van der Waals surface area contributed by atoms with Crippen molar-refractivity contribution in [3.05, 3.63) is 65.9 Å². The van der Waals surface area contributed by atoms with E-state index in [1.165, 1.54) is 36.3 Å². The molecule has 34 heavy (non-hydrogen) atoms. The van der Waals surface area contributed by atoms with Crippen LogP contribution in [-0.2, 0) is 13.6 Å². The number of hydrogen-bond acceptors (Lipinski definition) is 5. The smallest absolute Gasteiger partial charge is 0.128 e. The number of para-hydroxylation sites is 1. The molecular weight excluding hydrogens is 422 g/mol. The number of methoxy groups -OCH3 is 1. The second-order valence-corrected chi connectivity index (χ2v) is 10.0. The molecule has 2 bridgehead atoms. The Kier molecular flexibility index (Phi) is 6.61. The molecule has 3 aromatic rings. The summed E-state index contributed by atoms with van der Waals surface area (Å²) in [6.07, 6.45) is 2.54. The number of ether oxygens (including phenoxy) is 1. The van der Waals surface area contributed by atoms with E-state index >= 15 is 0 Å². The summed E-state index contributed by atoms with van der Waals surface area (Å²) in [4.78, 5) is 4.84. The molecule has 0 saturated carbocycles. The van der Waals surface area contributed by atoms with E-state index < -0.39 is 0 Å². The number of piperidine rings is 3. The summed E-state index contributed by atoms with van der Waals surface area (Å²) in [7, 11) is 7.98. The van der Waals surface area contributed by atoms with Gasteiger partial charge in [-0.3, -0.25) is 9.58 Å². The van der Waals surface area contributed by atoms with Gasteiger partial charge in [0.2, 0.25) is 0 Å². The third kappa shape index (κ3) is 4.57. The molecule has 1 aromatic heterocycles. The van der Waals surface area contributed by atoms with Crippen LogP contribution in [0.1, 0.15) is 30.0 Å². The molecule has 6 rings (SSSR count). The van der Waals surface area contributed by atoms with Crippen molar-refractivity contribution >= 4 is 5.69 Å². The van der Waals surface area contributed by atoms with Crippen molar-refractivity contribution in [3.63, 3.8) is 0 Å². The predicted octanol–water partition coefficient (Wildman–Crippen LogP) is 4.13. The number of benzene rings is 2. The van der Waals surface area contributed by atoms with Crippen molar-refractivity contribution in [2.45, 2.75) is 31.3 Å². The van der Waals surface area contributed by atoms with Crippen molar-refractivity contribution < 1.29 is 4.74 Å². The van der Waals surface area contributed by atoms with Crippen molar-refractivity contribution in [1.82, 2.24) is 20.0 Å². The van der Waals surface area contributed by atoms with E-state index in [0.717, 1.165) is 42.6 Å². The van der Waals surface area contributed by atoms with Gasteiger partial charge in [0.1, 0.15) is 5.75 Å². The SMILES string of the molecule is COc1ccccc1-c1cc([C@H]2CN3CC[C@H]2C[C@@H]3CNCc2ccc(N(C)C)cc2)n(C)n1. The molecule has 6 heteroatoms. The monoisotopic (exact) mass is 459 g/mol. The second-order valence-electron chi connectivity index (χ2n) is 10.0. The van der Waals surface area contributed by atoms with E-state index in [1.54, 1.807) is 7.11 Å². The maximum Gasteiger partial charge on any atom is 0.128 e. The molecule has 6 nitrogen and oxygen atoms in total. The molecule has 0 spiro atoms. The van der Waals surface area contributed by atoms with Gasteiger partial charge < -0.3 is 15.0 Å². The fourth-order valence-electron chi connectivity index (χ4n) is 5.80. The summed E-state index contributed by atoms with van der Waals surface area (Å²) in [5.74, 6) is 2.14. The number of nitrogens with one attached hydrogen (secondary N) is 1. The molecule has 1 unspecified atom stereocenters. The number of aromatic nitrogens is 2. The lowest BCUT2D eigenvalue weighted by Gasteiger charge is -2.50. The van der Waals surface area contributed by atoms with Crippen LogP contribution in [0.5, 0.6) is 5.75 Å². The number of rotatable bonds is 8. The fourth-order valence-corrected chi connectivity index (χ4v) is 5.80. The van der Waals surface area contributed by atoms with Gasteiger partial charge >= 0.3 is 0 Å². The van der Waals surface area contributed by atoms with Crippen molar-refractivity contribution in [2.75, 3.05) is 45.7 Å². The Morgan fingerprint density at radius 1 is 1.12 bits per heavy atom. The number of hydrogen-bond donors (Lipinski definition) is 1. The highest BCUT2D eigenvalue weighted by molar-refractivity contribution is 5.67. The summed E-state index contributed by atoms with van der Waals surface area (Å²) in [6.45, 7) is 4.31. The molecule has 4 atom stereocenters. The first-order chi connectivity index (χ1) is 16.5. The first-order valence-electron chi connectivity index (χ1n) is 12.4. The summed E-state index contributed by atoms with van der Waals surface area (Å²) in [5, 5.41) is 8.59. The van der Waals surface area contributed by atoms with Gasteiger partial charge in [0.05, 0.1) is 12.8 Å². The summed E-state index contributed by atoms with van der Waals surface area (Å²) < 4.78 is 7.67. The van der Waals surface area contributed by atoms with E-state index in [4.69, 9.17) is 9.84 Å². The van der Waals surface area contributed by atoms with Gasteiger partial charge in [-0.05, 0) is 61.2 Å². The van der Waals surface area contributed by atoms with Crippen molar-refractivity contribution in [1.29, 1.82) is 0 Å². The largest absolute Gasteiger partial charge is 0.496 e. The minimum atomic E-state index is 0.546.